The standard InChI is InChI=1S/C33H32F5N3O5.C20H15F5N2O3.CH3I.3HI.V/c1-19-27(21-13-9-16-26(45-5)28(21)35)29(42)41(18-25(20-11-7-6-8-12-20)39-30(43)46-32(2,3)4)31(44)40(19)17-22-23(33(36,37)38)14-10-15-24(22)34;1-10-16(11-5-3-8-15(30-2)17(11)22)18(28)26-19(29)27(10)9-12-13(20(23,24)25)6-4-7-14(12)21;1-2;;;;/h6-16,25H,17-18H2,1-5H3,(H,39,43);3-8H,9H2,1-2H3,(H,26,28,29);1H3;3*1H;/q;;;;;;+3/p-3/t25-;;;;;;/m0....../s1. The zero-order valence-electron chi connectivity index (χ0n) is 44.4. The summed E-state index contributed by atoms with van der Waals surface area (Å²) in [6.07, 6.45) is -10.7. The van der Waals surface area contributed by atoms with Crippen molar-refractivity contribution in [2.75, 3.05) is 19.2 Å². The molecule has 0 saturated heterocycles. The van der Waals surface area contributed by atoms with Crippen LogP contribution in [0.25, 0.3) is 22.3 Å². The summed E-state index contributed by atoms with van der Waals surface area (Å²) in [6, 6.07) is 19.9. The number of nitrogens with one attached hydrogen (secondary N) is 2. The number of hydrogen-bond donors (Lipinski definition) is 2. The summed E-state index contributed by atoms with van der Waals surface area (Å²) in [4.78, 5) is 69.3. The van der Waals surface area contributed by atoms with Gasteiger partial charge >= 0.3 is 94.7 Å². The minimum atomic E-state index is -4.97. The van der Waals surface area contributed by atoms with Crippen LogP contribution < -0.4 is 37.3 Å². The Kier molecular flexibility index (Phi) is 25.7. The predicted molar refractivity (Wildman–Crippen MR) is 321 cm³/mol. The number of carbonyl (C=O) groups excluding carboxylic acids is 1. The number of aromatic amines is 1. The number of rotatable bonds is 12. The van der Waals surface area contributed by atoms with Crippen LogP contribution in [0, 0.1) is 37.1 Å². The summed E-state index contributed by atoms with van der Waals surface area (Å²) in [5.41, 5.74) is -10.3. The van der Waals surface area contributed by atoms with Gasteiger partial charge in [0.15, 0.2) is 23.1 Å². The molecule has 0 radical (unpaired) electrons. The summed E-state index contributed by atoms with van der Waals surface area (Å²) < 4.78 is 159. The molecule has 0 aliphatic carbocycles. The molecule has 0 fully saturated rings. The number of hydrogen-bond acceptors (Lipinski definition) is 8. The SMILES string of the molecule is CI.COc1cccc(-c2c(C)n(Cc3c(F)cccc3C(F)(F)F)c(=O)[nH]c2=O)c1F.COc1cccc(-c2c(C)n(Cc3c(F)cccc3C(F)(F)F)c(=O)n(C[C@H](NC(=O)OC(C)(C)C)c3ccccc3)c2=O)c1F.[I][V]([I])[I]. The molecule has 13 nitrogen and oxygen atoms in total. The van der Waals surface area contributed by atoms with E-state index in [2.05, 4.69) is 87.8 Å². The third kappa shape index (κ3) is 17.8. The van der Waals surface area contributed by atoms with Gasteiger partial charge in [0, 0.05) is 33.6 Å². The Balaban J connectivity index is 0.000000345. The summed E-state index contributed by atoms with van der Waals surface area (Å²) in [5, 5.41) is 2.63. The van der Waals surface area contributed by atoms with Crippen LogP contribution in [0.2, 0.25) is 0 Å². The van der Waals surface area contributed by atoms with Gasteiger partial charge in [-0.2, -0.15) is 26.3 Å². The first kappa shape index (κ1) is 69.6. The number of alkyl halides is 7. The minimum absolute atomic E-state index is 0.132. The molecular weight excluding hydrogens is 1600 g/mol. The van der Waals surface area contributed by atoms with Gasteiger partial charge in [0.1, 0.15) is 17.2 Å². The van der Waals surface area contributed by atoms with Crippen molar-refractivity contribution in [3.8, 4) is 33.8 Å². The van der Waals surface area contributed by atoms with E-state index >= 15 is 4.39 Å². The van der Waals surface area contributed by atoms with Crippen LogP contribution in [0.3, 0.4) is 0 Å². The van der Waals surface area contributed by atoms with Crippen LogP contribution in [0.5, 0.6) is 11.5 Å². The number of alkyl carbamates (subject to hydrolysis) is 1. The van der Waals surface area contributed by atoms with Crippen molar-refractivity contribution in [2.24, 2.45) is 0 Å². The average molecular weight is 1650 g/mol. The monoisotopic (exact) mass is 1640 g/mol. The van der Waals surface area contributed by atoms with E-state index in [1.807, 2.05) is 9.91 Å². The number of H-pyrrole nitrogens is 1. The molecule has 0 spiro atoms. The Hall–Kier alpha value is -4.87. The fraction of sp³-hybridized carbons (Fsp3) is 0.278. The van der Waals surface area contributed by atoms with Gasteiger partial charge in [-0.25, -0.2) is 31.9 Å². The Morgan fingerprint density at radius 3 is 1.49 bits per heavy atom. The van der Waals surface area contributed by atoms with Gasteiger partial charge in [0.25, 0.3) is 11.1 Å². The molecule has 5 aromatic carbocycles. The predicted octanol–water partition coefficient (Wildman–Crippen LogP) is 14.2. The second-order valence-electron chi connectivity index (χ2n) is 18.0. The molecule has 0 saturated carbocycles. The van der Waals surface area contributed by atoms with E-state index in [9.17, 15) is 63.5 Å². The maximum absolute atomic E-state index is 15.6. The fourth-order valence-corrected chi connectivity index (χ4v) is 8.21. The summed E-state index contributed by atoms with van der Waals surface area (Å²) in [6.45, 7) is 5.13. The Morgan fingerprint density at radius 1 is 0.622 bits per heavy atom. The van der Waals surface area contributed by atoms with Crippen molar-refractivity contribution in [2.45, 2.75) is 78.2 Å². The van der Waals surface area contributed by atoms with E-state index < -0.39 is 118 Å². The Morgan fingerprint density at radius 2 is 1.05 bits per heavy atom. The molecule has 0 bridgehead atoms. The number of amides is 1. The van der Waals surface area contributed by atoms with Gasteiger partial charge in [0.05, 0.1) is 62.1 Å². The number of nitrogens with zero attached hydrogens (tertiary/aromatic N) is 3. The quantitative estimate of drug-likeness (QED) is 0.0696. The molecule has 82 heavy (non-hydrogen) atoms. The molecule has 0 aliphatic rings. The van der Waals surface area contributed by atoms with E-state index in [1.54, 1.807) is 51.1 Å². The zero-order chi connectivity index (χ0) is 61.8. The third-order valence-electron chi connectivity index (χ3n) is 11.8. The Labute approximate surface area is 514 Å². The van der Waals surface area contributed by atoms with Crippen molar-refractivity contribution in [3.05, 3.63) is 207 Å². The van der Waals surface area contributed by atoms with Crippen molar-refractivity contribution in [1.82, 2.24) is 24.0 Å². The fourth-order valence-electron chi connectivity index (χ4n) is 8.21. The molecule has 2 aromatic heterocycles. The van der Waals surface area contributed by atoms with Crippen LogP contribution in [0.1, 0.15) is 66.0 Å². The van der Waals surface area contributed by atoms with E-state index in [0.29, 0.717) is 22.3 Å². The van der Waals surface area contributed by atoms with Gasteiger partial charge in [0.2, 0.25) is 0 Å². The second-order valence-corrected chi connectivity index (χ2v) is 53.4. The first-order valence-corrected chi connectivity index (χ1v) is 39.2. The molecule has 442 valence electrons. The maximum atomic E-state index is 15.6. The Bertz CT molecular complexity index is 3630. The zero-order valence-corrected chi connectivity index (χ0v) is 54.4. The van der Waals surface area contributed by atoms with Crippen LogP contribution in [-0.2, 0) is 41.6 Å². The normalized spacial score (nSPS) is 11.7. The molecule has 0 unspecified atom stereocenters. The van der Waals surface area contributed by atoms with E-state index in [4.69, 9.17) is 14.2 Å². The molecule has 2 heterocycles. The van der Waals surface area contributed by atoms with Gasteiger partial charge in [-0.3, -0.25) is 28.3 Å². The van der Waals surface area contributed by atoms with Crippen LogP contribution in [-0.4, -0.2) is 49.5 Å². The molecule has 1 amide bonds. The number of methoxy groups -OCH3 is 2. The second kappa shape index (κ2) is 30.3. The topological polar surface area (TPSA) is 156 Å². The third-order valence-corrected chi connectivity index (χ3v) is 11.8. The number of halogens is 14. The summed E-state index contributed by atoms with van der Waals surface area (Å²) in [7, 11) is 2.43. The average Bonchev–Trinajstić information content (AvgIpc) is 3.37. The molecule has 1 atom stereocenters. The first-order chi connectivity index (χ1) is 38.3. The van der Waals surface area contributed by atoms with E-state index in [-0.39, 0.29) is 50.1 Å². The van der Waals surface area contributed by atoms with Crippen molar-refractivity contribution in [1.29, 1.82) is 0 Å². The number of aromatic nitrogens is 4. The summed E-state index contributed by atoms with van der Waals surface area (Å²) >= 11 is 9.54. The van der Waals surface area contributed by atoms with E-state index in [1.165, 1.54) is 64.5 Å². The van der Waals surface area contributed by atoms with E-state index in [0.717, 1.165) is 33.4 Å². The van der Waals surface area contributed by atoms with Crippen molar-refractivity contribution >= 4 is 88.6 Å². The van der Waals surface area contributed by atoms with Gasteiger partial charge in [-0.15, -0.1) is 0 Å². The van der Waals surface area contributed by atoms with Gasteiger partial charge < -0.3 is 19.5 Å². The van der Waals surface area contributed by atoms with Crippen molar-refractivity contribution in [3.63, 3.8) is 0 Å². The summed E-state index contributed by atoms with van der Waals surface area (Å²) in [5.74, 6) is -4.66. The first-order valence-electron chi connectivity index (χ1n) is 23.5. The molecule has 2 N–H and O–H groups in total. The number of benzene rings is 5. The molecule has 7 rings (SSSR count). The van der Waals surface area contributed by atoms with Crippen LogP contribution in [0.15, 0.2) is 122 Å². The molecular formula is C54H50F10I4N5O8V. The molecule has 7 aromatic rings. The van der Waals surface area contributed by atoms with Crippen LogP contribution in [0.4, 0.5) is 48.7 Å². The number of carbonyl (C=O) groups is 1. The van der Waals surface area contributed by atoms with Gasteiger partial charge in [-0.1, -0.05) is 89.3 Å². The molecule has 28 heteroatoms. The van der Waals surface area contributed by atoms with Crippen molar-refractivity contribution < 1.29 is 67.8 Å². The number of ether oxygens (including phenoxy) is 3. The van der Waals surface area contributed by atoms with Crippen LogP contribution >= 0.6 is 82.5 Å². The molecule has 0 aliphatic heterocycles. The van der Waals surface area contributed by atoms with Gasteiger partial charge in [-0.05, 0) is 81.5 Å².